The molecule has 1 saturated heterocycles. The Morgan fingerprint density at radius 3 is 2.78 bits per heavy atom. The van der Waals surface area contributed by atoms with E-state index in [-0.39, 0.29) is 5.75 Å². The summed E-state index contributed by atoms with van der Waals surface area (Å²) in [5.74, 6) is 0.0624. The highest BCUT2D eigenvalue weighted by Gasteiger charge is 2.22. The number of esters is 1. The van der Waals surface area contributed by atoms with Crippen LogP contribution in [0, 0.1) is 0 Å². The minimum absolute atomic E-state index is 0.0144. The van der Waals surface area contributed by atoms with Crippen LogP contribution in [-0.2, 0) is 24.4 Å². The summed E-state index contributed by atoms with van der Waals surface area (Å²) >= 11 is 0. The lowest BCUT2D eigenvalue weighted by Crippen LogP contribution is -2.35. The van der Waals surface area contributed by atoms with Crippen molar-refractivity contribution in [1.29, 1.82) is 0 Å². The predicted molar refractivity (Wildman–Crippen MR) is 121 cm³/mol. The molecular formula is C22H33N3O6S. The van der Waals surface area contributed by atoms with Crippen LogP contribution in [0.25, 0.3) is 5.70 Å². The van der Waals surface area contributed by atoms with Crippen LogP contribution in [0.1, 0.15) is 51.0 Å². The van der Waals surface area contributed by atoms with Crippen molar-refractivity contribution in [3.05, 3.63) is 35.9 Å². The molecule has 0 saturated carbocycles. The lowest BCUT2D eigenvalue weighted by molar-refractivity contribution is -0.170. The monoisotopic (exact) mass is 467 g/mol. The predicted octanol–water partition coefficient (Wildman–Crippen LogP) is 2.06. The van der Waals surface area contributed by atoms with Crippen molar-refractivity contribution in [3.8, 4) is 5.75 Å². The third-order valence-corrected chi connectivity index (χ3v) is 6.76. The maximum Gasteiger partial charge on any atom is 0.323 e. The molecule has 0 radical (unpaired) electrons. The van der Waals surface area contributed by atoms with Crippen molar-refractivity contribution in [2.24, 2.45) is 0 Å². The van der Waals surface area contributed by atoms with E-state index in [0.717, 1.165) is 30.7 Å². The zero-order valence-corrected chi connectivity index (χ0v) is 19.3. The van der Waals surface area contributed by atoms with Gasteiger partial charge >= 0.3 is 5.97 Å². The Morgan fingerprint density at radius 2 is 2.06 bits per heavy atom. The van der Waals surface area contributed by atoms with Crippen LogP contribution in [0.2, 0.25) is 0 Å². The highest BCUT2D eigenvalue weighted by Crippen LogP contribution is 2.22. The van der Waals surface area contributed by atoms with E-state index >= 15 is 0 Å². The van der Waals surface area contributed by atoms with E-state index in [1.807, 2.05) is 31.2 Å². The quantitative estimate of drug-likeness (QED) is 0.400. The number of nitrogens with one attached hydrogen (secondary N) is 3. The maximum atomic E-state index is 11.9. The summed E-state index contributed by atoms with van der Waals surface area (Å²) in [6.45, 7) is 3.22. The number of rotatable bonds is 12. The van der Waals surface area contributed by atoms with Crippen LogP contribution in [0.5, 0.6) is 5.75 Å². The Morgan fingerprint density at radius 1 is 1.25 bits per heavy atom. The fourth-order valence-corrected chi connectivity index (χ4v) is 4.66. The van der Waals surface area contributed by atoms with Gasteiger partial charge in [0.2, 0.25) is 16.3 Å². The molecule has 1 aromatic carbocycles. The van der Waals surface area contributed by atoms with E-state index in [1.165, 1.54) is 19.3 Å². The second kappa shape index (κ2) is 12.2. The van der Waals surface area contributed by atoms with Crippen molar-refractivity contribution in [3.63, 3.8) is 0 Å². The van der Waals surface area contributed by atoms with Gasteiger partial charge in [-0.25, -0.2) is 18.0 Å². The average molecular weight is 468 g/mol. The Bertz CT molecular complexity index is 866. The second-order valence-electron chi connectivity index (χ2n) is 7.96. The number of unbranched alkanes of at least 4 members (excludes halogenated alkanes) is 1. The number of carbonyl (C=O) groups excluding carboxylic acids is 1. The number of sulfonamides is 1. The van der Waals surface area contributed by atoms with Crippen molar-refractivity contribution in [2.45, 2.75) is 57.8 Å². The Hall–Kier alpha value is -2.14. The van der Waals surface area contributed by atoms with Crippen molar-refractivity contribution >= 4 is 21.7 Å². The van der Waals surface area contributed by atoms with Gasteiger partial charge in [-0.2, -0.15) is 0 Å². The van der Waals surface area contributed by atoms with Crippen LogP contribution in [0.15, 0.2) is 30.3 Å². The zero-order valence-electron chi connectivity index (χ0n) is 18.5. The summed E-state index contributed by atoms with van der Waals surface area (Å²) in [6.07, 6.45) is 6.71. The van der Waals surface area contributed by atoms with Crippen LogP contribution >= 0.6 is 0 Å². The third kappa shape index (κ3) is 8.09. The SMILES string of the molecule is CCCCS(=O)(=O)NCC(=O)OC1C=C(c2ccc(OCCC3CCCCN3)cc2)NO1. The Kier molecular flexibility index (Phi) is 9.34. The van der Waals surface area contributed by atoms with E-state index < -0.39 is 28.8 Å². The largest absolute Gasteiger partial charge is 0.494 e. The molecule has 9 nitrogen and oxygen atoms in total. The normalized spacial score (nSPS) is 21.0. The molecule has 32 heavy (non-hydrogen) atoms. The van der Waals surface area contributed by atoms with Gasteiger partial charge in [-0.1, -0.05) is 19.8 Å². The summed E-state index contributed by atoms with van der Waals surface area (Å²) in [6, 6.07) is 8.09. The Labute approximate surface area is 189 Å². The average Bonchev–Trinajstić information content (AvgIpc) is 3.26. The number of ether oxygens (including phenoxy) is 2. The Balaban J connectivity index is 1.41. The molecule has 10 heteroatoms. The van der Waals surface area contributed by atoms with Gasteiger partial charge in [-0.3, -0.25) is 10.3 Å². The lowest BCUT2D eigenvalue weighted by Gasteiger charge is -2.23. The number of hydroxylamine groups is 1. The zero-order chi connectivity index (χ0) is 22.8. The lowest BCUT2D eigenvalue weighted by atomic mass is 10.0. The van der Waals surface area contributed by atoms with Crippen LogP contribution in [-0.4, -0.2) is 52.2 Å². The van der Waals surface area contributed by atoms with E-state index in [1.54, 1.807) is 6.08 Å². The molecule has 0 amide bonds. The molecule has 0 bridgehead atoms. The fourth-order valence-electron chi connectivity index (χ4n) is 3.51. The van der Waals surface area contributed by atoms with Gasteiger partial charge in [0.25, 0.3) is 0 Å². The van der Waals surface area contributed by atoms with Gasteiger partial charge in [0.1, 0.15) is 12.3 Å². The topological polar surface area (TPSA) is 115 Å². The summed E-state index contributed by atoms with van der Waals surface area (Å²) in [7, 11) is -3.48. The minimum atomic E-state index is -3.48. The van der Waals surface area contributed by atoms with Crippen LogP contribution in [0.4, 0.5) is 0 Å². The molecule has 2 atom stereocenters. The van der Waals surface area contributed by atoms with Gasteiger partial charge < -0.3 is 14.8 Å². The molecule has 2 heterocycles. The molecule has 2 aliphatic heterocycles. The molecule has 0 spiro atoms. The molecule has 0 aliphatic carbocycles. The van der Waals surface area contributed by atoms with Gasteiger partial charge in [0.05, 0.1) is 18.1 Å². The summed E-state index contributed by atoms with van der Waals surface area (Å²) in [5.41, 5.74) is 4.24. The number of hydrogen-bond donors (Lipinski definition) is 3. The minimum Gasteiger partial charge on any atom is -0.494 e. The fraction of sp³-hybridized carbons (Fsp3) is 0.591. The summed E-state index contributed by atoms with van der Waals surface area (Å²) in [4.78, 5) is 17.2. The number of hydrogen-bond acceptors (Lipinski definition) is 8. The molecule has 178 valence electrons. The molecule has 2 unspecified atom stereocenters. The highest BCUT2D eigenvalue weighted by atomic mass is 32.2. The molecule has 3 rings (SSSR count). The van der Waals surface area contributed by atoms with Crippen molar-refractivity contribution < 1.29 is 27.5 Å². The second-order valence-corrected chi connectivity index (χ2v) is 9.89. The number of piperidine rings is 1. The standard InChI is InChI=1S/C22H33N3O6S/c1-2-3-14-32(27,28)24-16-21(26)30-22-15-20(25-31-22)17-7-9-19(10-8-17)29-13-11-18-6-4-5-12-23-18/h7-10,15,18,22-25H,2-6,11-14,16H2,1H3. The smallest absolute Gasteiger partial charge is 0.323 e. The molecular weight excluding hydrogens is 434 g/mol. The summed E-state index contributed by atoms with van der Waals surface area (Å²) in [5, 5.41) is 3.51. The first-order valence-electron chi connectivity index (χ1n) is 11.2. The van der Waals surface area contributed by atoms with E-state index in [4.69, 9.17) is 14.3 Å². The van der Waals surface area contributed by atoms with Crippen molar-refractivity contribution in [1.82, 2.24) is 15.5 Å². The molecule has 1 aromatic rings. The highest BCUT2D eigenvalue weighted by molar-refractivity contribution is 7.89. The van der Waals surface area contributed by atoms with Gasteiger partial charge in [0, 0.05) is 17.7 Å². The first kappa shape index (κ1) is 24.5. The third-order valence-electron chi connectivity index (χ3n) is 5.35. The molecule has 3 N–H and O–H groups in total. The maximum absolute atomic E-state index is 11.9. The van der Waals surface area contributed by atoms with Gasteiger partial charge in [0.15, 0.2) is 0 Å². The van der Waals surface area contributed by atoms with Gasteiger partial charge in [-0.15, -0.1) is 0 Å². The van der Waals surface area contributed by atoms with E-state index in [0.29, 0.717) is 24.8 Å². The number of carbonyl (C=O) groups is 1. The molecule has 2 aliphatic rings. The van der Waals surface area contributed by atoms with Crippen molar-refractivity contribution in [2.75, 3.05) is 25.4 Å². The molecule has 1 fully saturated rings. The first-order chi connectivity index (χ1) is 15.4. The summed E-state index contributed by atoms with van der Waals surface area (Å²) < 4.78 is 36.7. The number of benzene rings is 1. The van der Waals surface area contributed by atoms with Crippen LogP contribution < -0.4 is 20.3 Å². The molecule has 0 aromatic heterocycles. The first-order valence-corrected chi connectivity index (χ1v) is 12.9. The van der Waals surface area contributed by atoms with E-state index in [9.17, 15) is 13.2 Å². The van der Waals surface area contributed by atoms with Gasteiger partial charge in [-0.05, 0) is 56.5 Å². The van der Waals surface area contributed by atoms with Crippen LogP contribution in [0.3, 0.4) is 0 Å². The van der Waals surface area contributed by atoms with E-state index in [2.05, 4.69) is 15.5 Å².